The van der Waals surface area contributed by atoms with Gasteiger partial charge in [-0.3, -0.25) is 0 Å². The molecule has 0 radical (unpaired) electrons. The molecule has 2 N–H and O–H groups in total. The minimum Gasteiger partial charge on any atom is -0.508 e. The molecule has 0 fully saturated rings. The number of aromatic hydroxyl groups is 1. The van der Waals surface area contributed by atoms with Gasteiger partial charge in [0.15, 0.2) is 0 Å². The van der Waals surface area contributed by atoms with Crippen LogP contribution in [0, 0.1) is 0 Å². The fourth-order valence-corrected chi connectivity index (χ4v) is 1.97. The summed E-state index contributed by atoms with van der Waals surface area (Å²) in [7, 11) is 1.66. The van der Waals surface area contributed by atoms with E-state index in [2.05, 4.69) is 11.4 Å². The quantitative estimate of drug-likeness (QED) is 0.732. The number of methoxy groups -OCH3 is 1. The number of hydrogen-bond acceptors (Lipinski definition) is 4. The Balaban J connectivity index is 1.86. The van der Waals surface area contributed by atoms with Gasteiger partial charge < -0.3 is 19.9 Å². The molecule has 4 nitrogen and oxygen atoms in total. The summed E-state index contributed by atoms with van der Waals surface area (Å²) in [6, 6.07) is 15.4. The lowest BCUT2D eigenvalue weighted by Gasteiger charge is -2.09. The van der Waals surface area contributed by atoms with Gasteiger partial charge in [-0.1, -0.05) is 24.3 Å². The monoisotopic (exact) mass is 287 g/mol. The molecule has 21 heavy (non-hydrogen) atoms. The van der Waals surface area contributed by atoms with Crippen molar-refractivity contribution >= 4 is 5.69 Å². The zero-order valence-corrected chi connectivity index (χ0v) is 12.2. The molecule has 0 bridgehead atoms. The molecular weight excluding hydrogens is 266 g/mol. The first-order valence-corrected chi connectivity index (χ1v) is 6.95. The van der Waals surface area contributed by atoms with Crippen molar-refractivity contribution in [3.05, 3.63) is 59.7 Å². The Morgan fingerprint density at radius 3 is 2.62 bits per heavy atom. The lowest BCUT2D eigenvalue weighted by atomic mass is 10.2. The smallest absolute Gasteiger partial charge is 0.115 e. The predicted octanol–water partition coefficient (Wildman–Crippen LogP) is 3.17. The summed E-state index contributed by atoms with van der Waals surface area (Å²) in [4.78, 5) is 0. The van der Waals surface area contributed by atoms with E-state index in [1.54, 1.807) is 19.2 Å². The van der Waals surface area contributed by atoms with Crippen molar-refractivity contribution < 1.29 is 14.6 Å². The van der Waals surface area contributed by atoms with Crippen molar-refractivity contribution in [3.8, 4) is 5.75 Å². The first-order chi connectivity index (χ1) is 10.3. The van der Waals surface area contributed by atoms with E-state index < -0.39 is 0 Å². The van der Waals surface area contributed by atoms with Crippen LogP contribution >= 0.6 is 0 Å². The van der Waals surface area contributed by atoms with Gasteiger partial charge in [0.25, 0.3) is 0 Å². The second-order valence-electron chi connectivity index (χ2n) is 4.77. The van der Waals surface area contributed by atoms with E-state index in [1.165, 1.54) is 0 Å². The summed E-state index contributed by atoms with van der Waals surface area (Å²) in [5, 5.41) is 12.8. The molecule has 0 heterocycles. The van der Waals surface area contributed by atoms with Crippen LogP contribution in [0.2, 0.25) is 0 Å². The Bertz CT molecular complexity index is 557. The number of hydrogen-bond donors (Lipinski definition) is 2. The molecule has 0 aliphatic rings. The van der Waals surface area contributed by atoms with E-state index in [9.17, 15) is 5.11 Å². The van der Waals surface area contributed by atoms with Gasteiger partial charge in [-0.15, -0.1) is 0 Å². The van der Waals surface area contributed by atoms with Gasteiger partial charge in [0.1, 0.15) is 5.75 Å². The highest BCUT2D eigenvalue weighted by Gasteiger charge is 1.98. The van der Waals surface area contributed by atoms with E-state index in [-0.39, 0.29) is 5.75 Å². The minimum atomic E-state index is 0.287. The molecule has 0 aliphatic heterocycles. The Kier molecular flexibility index (Phi) is 6.06. The maximum Gasteiger partial charge on any atom is 0.115 e. The number of anilines is 1. The Hall–Kier alpha value is -2.04. The zero-order valence-electron chi connectivity index (χ0n) is 12.2. The van der Waals surface area contributed by atoms with Crippen molar-refractivity contribution in [2.45, 2.75) is 13.2 Å². The van der Waals surface area contributed by atoms with Gasteiger partial charge >= 0.3 is 0 Å². The molecule has 0 aliphatic carbocycles. The van der Waals surface area contributed by atoms with Crippen LogP contribution in [0.4, 0.5) is 5.69 Å². The van der Waals surface area contributed by atoms with Crippen LogP contribution in [-0.4, -0.2) is 25.4 Å². The molecule has 0 unspecified atom stereocenters. The van der Waals surface area contributed by atoms with E-state index >= 15 is 0 Å². The molecule has 2 rings (SSSR count). The summed E-state index contributed by atoms with van der Waals surface area (Å²) in [6.45, 7) is 2.44. The Morgan fingerprint density at radius 1 is 1.00 bits per heavy atom. The first-order valence-electron chi connectivity index (χ1n) is 6.95. The molecule has 4 heteroatoms. The number of ether oxygens (including phenoxy) is 2. The second kappa shape index (κ2) is 8.29. The molecular formula is C17H21NO3. The van der Waals surface area contributed by atoms with Gasteiger partial charge in [0.2, 0.25) is 0 Å². The molecule has 0 saturated carbocycles. The highest BCUT2D eigenvalue weighted by atomic mass is 16.5. The van der Waals surface area contributed by atoms with Gasteiger partial charge in [0.05, 0.1) is 19.8 Å². The summed E-state index contributed by atoms with van der Waals surface area (Å²) >= 11 is 0. The average Bonchev–Trinajstić information content (AvgIpc) is 2.50. The van der Waals surface area contributed by atoms with E-state index in [4.69, 9.17) is 9.47 Å². The lowest BCUT2D eigenvalue weighted by molar-refractivity contribution is 0.0617. The van der Waals surface area contributed by atoms with Gasteiger partial charge in [0, 0.05) is 19.3 Å². The van der Waals surface area contributed by atoms with Crippen LogP contribution < -0.4 is 5.32 Å². The number of rotatable bonds is 8. The summed E-state index contributed by atoms with van der Waals surface area (Å²) in [5.74, 6) is 0.287. The van der Waals surface area contributed by atoms with Gasteiger partial charge in [-0.05, 0) is 35.4 Å². The third-order valence-electron chi connectivity index (χ3n) is 3.03. The van der Waals surface area contributed by atoms with Crippen molar-refractivity contribution in [2.75, 3.05) is 25.6 Å². The molecule has 0 saturated heterocycles. The third-order valence-corrected chi connectivity index (χ3v) is 3.03. The van der Waals surface area contributed by atoms with Crippen LogP contribution in [0.25, 0.3) is 0 Å². The number of phenols is 1. The molecule has 2 aromatic rings. The predicted molar refractivity (Wildman–Crippen MR) is 83.4 cm³/mol. The topological polar surface area (TPSA) is 50.7 Å². The maximum atomic E-state index is 9.44. The second-order valence-corrected chi connectivity index (χ2v) is 4.77. The standard InChI is InChI=1S/C17H21NO3/c1-20-8-9-21-13-15-5-2-6-16(10-15)18-12-14-4-3-7-17(19)11-14/h2-7,10-11,18-19H,8-9,12-13H2,1H3. The van der Waals surface area contributed by atoms with Crippen LogP contribution in [-0.2, 0) is 22.6 Å². The van der Waals surface area contributed by atoms with Crippen LogP contribution in [0.1, 0.15) is 11.1 Å². The first kappa shape index (κ1) is 15.4. The van der Waals surface area contributed by atoms with Crippen molar-refractivity contribution in [1.29, 1.82) is 0 Å². The van der Waals surface area contributed by atoms with Crippen LogP contribution in [0.5, 0.6) is 5.75 Å². The number of benzene rings is 2. The molecule has 112 valence electrons. The summed E-state index contributed by atoms with van der Waals surface area (Å²) < 4.78 is 10.5. The van der Waals surface area contributed by atoms with Gasteiger partial charge in [-0.25, -0.2) is 0 Å². The molecule has 0 spiro atoms. The number of nitrogens with one attached hydrogen (secondary N) is 1. The zero-order chi connectivity index (χ0) is 14.9. The molecule has 0 aromatic heterocycles. The largest absolute Gasteiger partial charge is 0.508 e. The highest BCUT2D eigenvalue weighted by Crippen LogP contribution is 2.15. The fourth-order valence-electron chi connectivity index (χ4n) is 1.97. The van der Waals surface area contributed by atoms with E-state index in [0.717, 1.165) is 16.8 Å². The van der Waals surface area contributed by atoms with Crippen LogP contribution in [0.3, 0.4) is 0 Å². The molecule has 0 atom stereocenters. The molecule has 2 aromatic carbocycles. The lowest BCUT2D eigenvalue weighted by Crippen LogP contribution is -2.03. The summed E-state index contributed by atoms with van der Waals surface area (Å²) in [6.07, 6.45) is 0. The normalized spacial score (nSPS) is 10.5. The van der Waals surface area contributed by atoms with Crippen molar-refractivity contribution in [1.82, 2.24) is 0 Å². The summed E-state index contributed by atoms with van der Waals surface area (Å²) in [5.41, 5.74) is 3.19. The maximum absolute atomic E-state index is 9.44. The molecule has 0 amide bonds. The van der Waals surface area contributed by atoms with E-state index in [1.807, 2.05) is 30.3 Å². The van der Waals surface area contributed by atoms with Crippen LogP contribution in [0.15, 0.2) is 48.5 Å². The Labute approximate surface area is 125 Å². The van der Waals surface area contributed by atoms with E-state index in [0.29, 0.717) is 26.4 Å². The number of phenolic OH excluding ortho intramolecular Hbond substituents is 1. The minimum absolute atomic E-state index is 0.287. The van der Waals surface area contributed by atoms with Crippen molar-refractivity contribution in [3.63, 3.8) is 0 Å². The SMILES string of the molecule is COCCOCc1cccc(NCc2cccc(O)c2)c1. The van der Waals surface area contributed by atoms with Crippen molar-refractivity contribution in [2.24, 2.45) is 0 Å². The van der Waals surface area contributed by atoms with Gasteiger partial charge in [-0.2, -0.15) is 0 Å². The third kappa shape index (κ3) is 5.45. The average molecular weight is 287 g/mol. The fraction of sp³-hybridized carbons (Fsp3) is 0.294. The Morgan fingerprint density at radius 2 is 1.81 bits per heavy atom. The highest BCUT2D eigenvalue weighted by molar-refractivity contribution is 5.46.